The van der Waals surface area contributed by atoms with Crippen molar-refractivity contribution in [2.45, 2.75) is 25.2 Å². The maximum Gasteiger partial charge on any atom is 0.230 e. The molecule has 0 aliphatic carbocycles. The molecule has 0 saturated carbocycles. The van der Waals surface area contributed by atoms with Crippen molar-refractivity contribution in [1.29, 1.82) is 0 Å². The molecule has 3 aromatic rings. The molecule has 0 saturated heterocycles. The molecule has 25 heavy (non-hydrogen) atoms. The van der Waals surface area contributed by atoms with Gasteiger partial charge in [-0.3, -0.25) is 9.36 Å². The third-order valence-corrected chi connectivity index (χ3v) is 4.88. The molecule has 0 aliphatic heterocycles. The van der Waals surface area contributed by atoms with Crippen LogP contribution in [0.25, 0.3) is 11.6 Å². The van der Waals surface area contributed by atoms with Crippen LogP contribution in [0.3, 0.4) is 0 Å². The zero-order valence-electron chi connectivity index (χ0n) is 13.6. The summed E-state index contributed by atoms with van der Waals surface area (Å²) >= 11 is 4.65. The van der Waals surface area contributed by atoms with Gasteiger partial charge in [0.15, 0.2) is 15.6 Å². The highest BCUT2D eigenvalue weighted by atomic mass is 79.9. The van der Waals surface area contributed by atoms with Crippen LogP contribution in [0.15, 0.2) is 56.7 Å². The summed E-state index contributed by atoms with van der Waals surface area (Å²) in [6, 6.07) is 13.5. The van der Waals surface area contributed by atoms with Gasteiger partial charge in [0.05, 0.1) is 5.75 Å². The molecule has 0 aliphatic rings. The first-order valence-electron chi connectivity index (χ1n) is 7.79. The lowest BCUT2D eigenvalue weighted by molar-refractivity contribution is -0.118. The minimum atomic E-state index is -0.0400. The molecule has 2 aromatic heterocycles. The largest absolute Gasteiger partial charge is 0.446 e. The smallest absolute Gasteiger partial charge is 0.230 e. The number of carbonyl (C=O) groups excluding carboxylic acids is 1. The first-order chi connectivity index (χ1) is 12.2. The lowest BCUT2D eigenvalue weighted by Crippen LogP contribution is -2.24. The van der Waals surface area contributed by atoms with Crippen LogP contribution in [0, 0.1) is 0 Å². The molecule has 2 heterocycles. The normalized spacial score (nSPS) is 10.8. The number of halogens is 1. The number of nitrogens with zero attached hydrogens (tertiary/aromatic N) is 3. The number of thioether (sulfide) groups is 1. The van der Waals surface area contributed by atoms with E-state index in [0.717, 1.165) is 5.56 Å². The number of amides is 1. The SMILES string of the molecule is CCn1c(SCC(=O)NCc2ccccc2)nnc1-c1ccc(Br)o1. The highest BCUT2D eigenvalue weighted by Crippen LogP contribution is 2.27. The zero-order valence-corrected chi connectivity index (χ0v) is 16.0. The van der Waals surface area contributed by atoms with Gasteiger partial charge in [0.1, 0.15) is 0 Å². The van der Waals surface area contributed by atoms with Crippen molar-refractivity contribution in [3.63, 3.8) is 0 Å². The molecule has 0 bridgehead atoms. The van der Waals surface area contributed by atoms with Gasteiger partial charge in [-0.25, -0.2) is 0 Å². The van der Waals surface area contributed by atoms with Crippen molar-refractivity contribution in [3.8, 4) is 11.6 Å². The fourth-order valence-electron chi connectivity index (χ4n) is 2.27. The standard InChI is InChI=1S/C17H17BrN4O2S/c1-2-22-16(13-8-9-14(18)24-13)20-21-17(22)25-11-15(23)19-10-12-6-4-3-5-7-12/h3-9H,2,10-11H2,1H3,(H,19,23). The number of aromatic nitrogens is 3. The molecule has 1 amide bonds. The Hall–Kier alpha value is -2.06. The minimum Gasteiger partial charge on any atom is -0.446 e. The molecule has 6 nitrogen and oxygen atoms in total. The predicted molar refractivity (Wildman–Crippen MR) is 100 cm³/mol. The van der Waals surface area contributed by atoms with Crippen molar-refractivity contribution in [2.24, 2.45) is 0 Å². The summed E-state index contributed by atoms with van der Waals surface area (Å²) in [5.74, 6) is 1.54. The van der Waals surface area contributed by atoms with E-state index in [4.69, 9.17) is 4.42 Å². The zero-order chi connectivity index (χ0) is 17.6. The fourth-order valence-corrected chi connectivity index (χ4v) is 3.41. The fraction of sp³-hybridized carbons (Fsp3) is 0.235. The van der Waals surface area contributed by atoms with Gasteiger partial charge in [-0.15, -0.1) is 10.2 Å². The van der Waals surface area contributed by atoms with E-state index in [-0.39, 0.29) is 11.7 Å². The quantitative estimate of drug-likeness (QED) is 0.589. The minimum absolute atomic E-state index is 0.0400. The highest BCUT2D eigenvalue weighted by Gasteiger charge is 2.16. The van der Waals surface area contributed by atoms with Gasteiger partial charge in [0.25, 0.3) is 0 Å². The Morgan fingerprint density at radius 3 is 2.72 bits per heavy atom. The first-order valence-corrected chi connectivity index (χ1v) is 9.57. The molecular formula is C17H17BrN4O2S. The van der Waals surface area contributed by atoms with Gasteiger partial charge in [0, 0.05) is 13.1 Å². The van der Waals surface area contributed by atoms with Crippen molar-refractivity contribution < 1.29 is 9.21 Å². The topological polar surface area (TPSA) is 73.0 Å². The van der Waals surface area contributed by atoms with Gasteiger partial charge < -0.3 is 9.73 Å². The van der Waals surface area contributed by atoms with E-state index in [9.17, 15) is 4.79 Å². The number of furan rings is 1. The van der Waals surface area contributed by atoms with Gasteiger partial charge in [-0.1, -0.05) is 42.1 Å². The Bertz CT molecular complexity index is 847. The lowest BCUT2D eigenvalue weighted by atomic mass is 10.2. The van der Waals surface area contributed by atoms with Crippen LogP contribution in [0.4, 0.5) is 0 Å². The Kier molecular flexibility index (Phi) is 5.93. The van der Waals surface area contributed by atoms with Crippen molar-refractivity contribution in [2.75, 3.05) is 5.75 Å². The molecule has 3 rings (SSSR count). The summed E-state index contributed by atoms with van der Waals surface area (Å²) in [7, 11) is 0. The second-order valence-corrected chi connectivity index (χ2v) is 6.93. The number of carbonyl (C=O) groups is 1. The summed E-state index contributed by atoms with van der Waals surface area (Å²) in [6.07, 6.45) is 0. The van der Waals surface area contributed by atoms with Crippen LogP contribution in [0.5, 0.6) is 0 Å². The van der Waals surface area contributed by atoms with Gasteiger partial charge >= 0.3 is 0 Å². The van der Waals surface area contributed by atoms with E-state index in [1.54, 1.807) is 0 Å². The summed E-state index contributed by atoms with van der Waals surface area (Å²) in [6.45, 7) is 3.21. The summed E-state index contributed by atoms with van der Waals surface area (Å²) < 4.78 is 8.12. The van der Waals surface area contributed by atoms with E-state index < -0.39 is 0 Å². The van der Waals surface area contributed by atoms with Crippen LogP contribution < -0.4 is 5.32 Å². The monoisotopic (exact) mass is 420 g/mol. The average molecular weight is 421 g/mol. The molecule has 8 heteroatoms. The number of rotatable bonds is 7. The Balaban J connectivity index is 1.59. The molecule has 0 unspecified atom stereocenters. The number of nitrogens with one attached hydrogen (secondary N) is 1. The molecule has 0 spiro atoms. The predicted octanol–water partition coefficient (Wildman–Crippen LogP) is 3.73. The molecule has 1 N–H and O–H groups in total. The van der Waals surface area contributed by atoms with Crippen molar-refractivity contribution in [3.05, 3.63) is 52.7 Å². The Morgan fingerprint density at radius 2 is 2.04 bits per heavy atom. The van der Waals surface area contributed by atoms with Crippen molar-refractivity contribution >= 4 is 33.6 Å². The highest BCUT2D eigenvalue weighted by molar-refractivity contribution is 9.10. The summed E-state index contributed by atoms with van der Waals surface area (Å²) in [5.41, 5.74) is 1.07. The number of hydrogen-bond acceptors (Lipinski definition) is 5. The summed E-state index contributed by atoms with van der Waals surface area (Å²) in [4.78, 5) is 12.1. The third kappa shape index (κ3) is 4.52. The van der Waals surface area contributed by atoms with Crippen LogP contribution in [0.1, 0.15) is 12.5 Å². The maximum absolute atomic E-state index is 12.1. The molecule has 130 valence electrons. The van der Waals surface area contributed by atoms with Crippen LogP contribution in [-0.2, 0) is 17.9 Å². The Labute approximate surface area is 158 Å². The maximum atomic E-state index is 12.1. The van der Waals surface area contributed by atoms with Crippen LogP contribution >= 0.6 is 27.7 Å². The molecule has 0 fully saturated rings. The molecule has 1 aromatic carbocycles. The second-order valence-electron chi connectivity index (χ2n) is 5.21. The van der Waals surface area contributed by atoms with E-state index >= 15 is 0 Å². The van der Waals surface area contributed by atoms with E-state index in [1.807, 2.05) is 54.0 Å². The van der Waals surface area contributed by atoms with E-state index in [2.05, 4.69) is 31.4 Å². The van der Waals surface area contributed by atoms with Crippen molar-refractivity contribution in [1.82, 2.24) is 20.1 Å². The molecule has 0 atom stereocenters. The lowest BCUT2D eigenvalue weighted by Gasteiger charge is -2.07. The summed E-state index contributed by atoms with van der Waals surface area (Å²) in [5, 5.41) is 12.0. The van der Waals surface area contributed by atoms with Crippen LogP contribution in [0.2, 0.25) is 0 Å². The van der Waals surface area contributed by atoms with E-state index in [1.165, 1.54) is 11.8 Å². The van der Waals surface area contributed by atoms with E-state index in [0.29, 0.717) is 34.5 Å². The third-order valence-electron chi connectivity index (χ3n) is 3.49. The van der Waals surface area contributed by atoms with Gasteiger partial charge in [-0.2, -0.15) is 0 Å². The van der Waals surface area contributed by atoms with Crippen LogP contribution in [-0.4, -0.2) is 26.4 Å². The van der Waals surface area contributed by atoms with Gasteiger partial charge in [-0.05, 0) is 40.5 Å². The molecular weight excluding hydrogens is 404 g/mol. The first kappa shape index (κ1) is 17.8. The Morgan fingerprint density at radius 1 is 1.24 bits per heavy atom. The van der Waals surface area contributed by atoms with Gasteiger partial charge in [0.2, 0.25) is 11.7 Å². The second kappa shape index (κ2) is 8.35. The molecule has 0 radical (unpaired) electrons. The number of hydrogen-bond donors (Lipinski definition) is 1. The number of benzene rings is 1. The average Bonchev–Trinajstić information content (AvgIpc) is 3.24.